The Bertz CT molecular complexity index is 521. The molecule has 0 saturated carbocycles. The molecule has 0 atom stereocenters. The zero-order valence-electron chi connectivity index (χ0n) is 10.1. The smallest absolute Gasteiger partial charge is 0.145 e. The van der Waals surface area contributed by atoms with Gasteiger partial charge in [0.2, 0.25) is 0 Å². The number of rotatable bonds is 2. The molecule has 2 rings (SSSR count). The molecular formula is C13H16N2O. The number of hydrogen-bond acceptors (Lipinski definition) is 3. The molecule has 0 aliphatic carbocycles. The lowest BCUT2D eigenvalue weighted by molar-refractivity contribution is 0.418. The van der Waals surface area contributed by atoms with Crippen LogP contribution in [-0.2, 0) is 0 Å². The van der Waals surface area contributed by atoms with Crippen LogP contribution in [0.5, 0.6) is 5.75 Å². The summed E-state index contributed by atoms with van der Waals surface area (Å²) in [5.41, 5.74) is 3.14. The monoisotopic (exact) mass is 216 g/mol. The maximum atomic E-state index is 5.35. The molecule has 3 nitrogen and oxygen atoms in total. The van der Waals surface area contributed by atoms with E-state index in [0.29, 0.717) is 5.92 Å². The molecule has 3 heteroatoms. The maximum Gasteiger partial charge on any atom is 0.145 e. The first kappa shape index (κ1) is 10.9. The van der Waals surface area contributed by atoms with Crippen molar-refractivity contribution in [2.45, 2.75) is 26.7 Å². The van der Waals surface area contributed by atoms with Crippen LogP contribution < -0.4 is 4.74 Å². The second-order valence-corrected chi connectivity index (χ2v) is 4.28. The Morgan fingerprint density at radius 3 is 2.56 bits per heavy atom. The van der Waals surface area contributed by atoms with E-state index >= 15 is 0 Å². The molecule has 84 valence electrons. The number of methoxy groups -OCH3 is 1. The fraction of sp³-hybridized carbons (Fsp3) is 0.385. The topological polar surface area (TPSA) is 35.0 Å². The molecule has 0 radical (unpaired) electrons. The minimum absolute atomic E-state index is 0.386. The van der Waals surface area contributed by atoms with Gasteiger partial charge < -0.3 is 4.74 Å². The number of nitrogens with zero attached hydrogens (tertiary/aromatic N) is 2. The average Bonchev–Trinajstić information content (AvgIpc) is 2.26. The highest BCUT2D eigenvalue weighted by Gasteiger charge is 2.11. The number of ether oxygens (including phenoxy) is 1. The Hall–Kier alpha value is -1.64. The van der Waals surface area contributed by atoms with Gasteiger partial charge in [0.1, 0.15) is 17.6 Å². The number of aryl methyl sites for hydroxylation is 1. The first-order chi connectivity index (χ1) is 7.63. The molecule has 0 bridgehead atoms. The molecule has 2 aromatic rings. The van der Waals surface area contributed by atoms with Crippen molar-refractivity contribution in [1.82, 2.24) is 9.97 Å². The van der Waals surface area contributed by atoms with Crippen molar-refractivity contribution in [3.63, 3.8) is 0 Å². The van der Waals surface area contributed by atoms with Gasteiger partial charge in [-0.25, -0.2) is 9.97 Å². The lowest BCUT2D eigenvalue weighted by Crippen LogP contribution is -1.98. The molecule has 0 aliphatic heterocycles. The van der Waals surface area contributed by atoms with Crippen molar-refractivity contribution in [3.8, 4) is 5.75 Å². The van der Waals surface area contributed by atoms with Gasteiger partial charge in [0.05, 0.1) is 12.8 Å². The second kappa shape index (κ2) is 4.08. The van der Waals surface area contributed by atoms with Crippen molar-refractivity contribution >= 4 is 10.9 Å². The van der Waals surface area contributed by atoms with Gasteiger partial charge in [-0.15, -0.1) is 0 Å². The van der Waals surface area contributed by atoms with Gasteiger partial charge in [0.15, 0.2) is 0 Å². The summed E-state index contributed by atoms with van der Waals surface area (Å²) in [6.07, 6.45) is 1.61. The largest absolute Gasteiger partial charge is 0.494 e. The highest BCUT2D eigenvalue weighted by Crippen LogP contribution is 2.29. The van der Waals surface area contributed by atoms with Crippen LogP contribution in [0.2, 0.25) is 0 Å². The van der Waals surface area contributed by atoms with E-state index in [1.165, 1.54) is 5.56 Å². The lowest BCUT2D eigenvalue weighted by atomic mass is 10.0. The fourth-order valence-electron chi connectivity index (χ4n) is 1.91. The molecule has 0 aliphatic rings. The van der Waals surface area contributed by atoms with Crippen LogP contribution in [0.3, 0.4) is 0 Å². The molecule has 0 unspecified atom stereocenters. The van der Waals surface area contributed by atoms with E-state index in [4.69, 9.17) is 4.74 Å². The molecule has 0 spiro atoms. The SMILES string of the molecule is COc1cc(C)cc2c(C(C)C)ncnc12. The van der Waals surface area contributed by atoms with Gasteiger partial charge in [-0.1, -0.05) is 13.8 Å². The van der Waals surface area contributed by atoms with E-state index in [0.717, 1.165) is 22.3 Å². The first-order valence-electron chi connectivity index (χ1n) is 5.42. The second-order valence-electron chi connectivity index (χ2n) is 4.28. The van der Waals surface area contributed by atoms with Crippen molar-refractivity contribution in [3.05, 3.63) is 29.7 Å². The molecular weight excluding hydrogens is 200 g/mol. The van der Waals surface area contributed by atoms with E-state index < -0.39 is 0 Å². The summed E-state index contributed by atoms with van der Waals surface area (Å²) in [4.78, 5) is 8.66. The highest BCUT2D eigenvalue weighted by molar-refractivity contribution is 5.87. The highest BCUT2D eigenvalue weighted by atomic mass is 16.5. The minimum atomic E-state index is 0.386. The first-order valence-corrected chi connectivity index (χ1v) is 5.42. The van der Waals surface area contributed by atoms with Gasteiger partial charge in [0, 0.05) is 5.39 Å². The zero-order valence-corrected chi connectivity index (χ0v) is 10.1. The Balaban J connectivity index is 2.82. The Labute approximate surface area is 95.5 Å². The number of benzene rings is 1. The van der Waals surface area contributed by atoms with E-state index in [2.05, 4.69) is 36.8 Å². The van der Waals surface area contributed by atoms with Gasteiger partial charge in [0.25, 0.3) is 0 Å². The van der Waals surface area contributed by atoms with Crippen LogP contribution in [0.1, 0.15) is 31.0 Å². The van der Waals surface area contributed by atoms with Crippen molar-refractivity contribution in [2.24, 2.45) is 0 Å². The van der Waals surface area contributed by atoms with Crippen molar-refractivity contribution in [1.29, 1.82) is 0 Å². The standard InChI is InChI=1S/C13H16N2O/c1-8(2)12-10-5-9(3)6-11(16-4)13(10)15-7-14-12/h5-8H,1-4H3. The lowest BCUT2D eigenvalue weighted by Gasteiger charge is -2.11. The van der Waals surface area contributed by atoms with Crippen LogP contribution in [-0.4, -0.2) is 17.1 Å². The van der Waals surface area contributed by atoms with Crippen molar-refractivity contribution < 1.29 is 4.74 Å². The maximum absolute atomic E-state index is 5.35. The van der Waals surface area contributed by atoms with Gasteiger partial charge >= 0.3 is 0 Å². The Morgan fingerprint density at radius 1 is 1.19 bits per heavy atom. The zero-order chi connectivity index (χ0) is 11.7. The average molecular weight is 216 g/mol. The van der Waals surface area contributed by atoms with Crippen LogP contribution in [0.15, 0.2) is 18.5 Å². The molecule has 1 aromatic heterocycles. The van der Waals surface area contributed by atoms with Crippen LogP contribution in [0.4, 0.5) is 0 Å². The summed E-state index contributed by atoms with van der Waals surface area (Å²) < 4.78 is 5.35. The summed E-state index contributed by atoms with van der Waals surface area (Å²) in [5.74, 6) is 1.20. The van der Waals surface area contributed by atoms with Gasteiger partial charge in [-0.2, -0.15) is 0 Å². The summed E-state index contributed by atoms with van der Waals surface area (Å²) in [7, 11) is 1.67. The summed E-state index contributed by atoms with van der Waals surface area (Å²) in [6, 6.07) is 4.12. The van der Waals surface area contributed by atoms with E-state index in [9.17, 15) is 0 Å². The number of aromatic nitrogens is 2. The third kappa shape index (κ3) is 1.73. The predicted octanol–water partition coefficient (Wildman–Crippen LogP) is 3.07. The van der Waals surface area contributed by atoms with Crippen LogP contribution >= 0.6 is 0 Å². The molecule has 0 saturated heterocycles. The van der Waals surface area contributed by atoms with Gasteiger partial charge in [-0.3, -0.25) is 0 Å². The van der Waals surface area contributed by atoms with Gasteiger partial charge in [-0.05, 0) is 30.5 Å². The third-order valence-electron chi connectivity index (χ3n) is 2.65. The van der Waals surface area contributed by atoms with E-state index in [1.807, 2.05) is 6.07 Å². The Kier molecular flexibility index (Phi) is 2.77. The Morgan fingerprint density at radius 2 is 1.94 bits per heavy atom. The molecule has 16 heavy (non-hydrogen) atoms. The van der Waals surface area contributed by atoms with E-state index in [1.54, 1.807) is 13.4 Å². The number of fused-ring (bicyclic) bond motifs is 1. The number of hydrogen-bond donors (Lipinski definition) is 0. The van der Waals surface area contributed by atoms with Crippen LogP contribution in [0.25, 0.3) is 10.9 Å². The quantitative estimate of drug-likeness (QED) is 0.773. The summed E-state index contributed by atoms with van der Waals surface area (Å²) in [5, 5.41) is 1.09. The third-order valence-corrected chi connectivity index (χ3v) is 2.65. The minimum Gasteiger partial charge on any atom is -0.494 e. The van der Waals surface area contributed by atoms with Crippen LogP contribution in [0, 0.1) is 6.92 Å². The summed E-state index contributed by atoms with van der Waals surface area (Å²) in [6.45, 7) is 6.33. The van der Waals surface area contributed by atoms with Crippen molar-refractivity contribution in [2.75, 3.05) is 7.11 Å². The normalized spacial score (nSPS) is 11.1. The molecule has 0 amide bonds. The molecule has 0 fully saturated rings. The fourth-order valence-corrected chi connectivity index (χ4v) is 1.91. The molecule has 1 aromatic carbocycles. The summed E-state index contributed by atoms with van der Waals surface area (Å²) >= 11 is 0. The molecule has 0 N–H and O–H groups in total. The predicted molar refractivity (Wildman–Crippen MR) is 64.9 cm³/mol. The molecule has 1 heterocycles. The van der Waals surface area contributed by atoms with E-state index in [-0.39, 0.29) is 0 Å².